The van der Waals surface area contributed by atoms with Crippen molar-refractivity contribution in [2.24, 2.45) is 15.4 Å². The molecule has 0 saturated carbocycles. The van der Waals surface area contributed by atoms with E-state index in [1.165, 1.54) is 12.1 Å². The smallest absolute Gasteiger partial charge is 0.240 e. The average Bonchev–Trinajstić information content (AvgIpc) is 3.05. The van der Waals surface area contributed by atoms with Crippen LogP contribution in [0.2, 0.25) is 10.0 Å². The highest BCUT2D eigenvalue weighted by molar-refractivity contribution is 7.89. The molecular formula is C12H7Cl2N5O5S3. The predicted molar refractivity (Wildman–Crippen MR) is 100 cm³/mol. The van der Waals surface area contributed by atoms with E-state index in [4.69, 9.17) is 28.3 Å². The van der Waals surface area contributed by atoms with Gasteiger partial charge in [-0.2, -0.15) is 13.9 Å². The van der Waals surface area contributed by atoms with Crippen molar-refractivity contribution >= 4 is 78.4 Å². The summed E-state index contributed by atoms with van der Waals surface area (Å²) in [6.45, 7) is 0. The van der Waals surface area contributed by atoms with Crippen molar-refractivity contribution in [1.29, 1.82) is 0 Å². The molecule has 15 heteroatoms. The van der Waals surface area contributed by atoms with E-state index in [-0.39, 0.29) is 43.1 Å². The number of aromatic nitrogens is 2. The quantitative estimate of drug-likeness (QED) is 0.390. The van der Waals surface area contributed by atoms with Gasteiger partial charge in [-0.05, 0) is 18.2 Å². The van der Waals surface area contributed by atoms with Crippen LogP contribution in [-0.2, 0) is 21.1 Å². The summed E-state index contributed by atoms with van der Waals surface area (Å²) in [6, 6.07) is 3.38. The minimum absolute atomic E-state index is 0.0102. The topological polar surface area (TPSA) is 168 Å². The second-order valence-corrected chi connectivity index (χ2v) is 8.75. The van der Waals surface area contributed by atoms with Crippen molar-refractivity contribution in [3.8, 4) is 5.75 Å². The molecule has 0 radical (unpaired) electrons. The summed E-state index contributed by atoms with van der Waals surface area (Å²) in [4.78, 5) is -0.836. The summed E-state index contributed by atoms with van der Waals surface area (Å²) in [5.74, 6) is -0.344. The monoisotopic (exact) mass is 467 g/mol. The molecule has 0 spiro atoms. The Hall–Kier alpha value is -1.74. The number of hydrogen-bond acceptors (Lipinski definition) is 9. The van der Waals surface area contributed by atoms with Gasteiger partial charge in [0.2, 0.25) is 10.0 Å². The van der Waals surface area contributed by atoms with E-state index in [0.29, 0.717) is 11.7 Å². The molecule has 10 nitrogen and oxygen atoms in total. The first-order chi connectivity index (χ1) is 12.6. The predicted octanol–water partition coefficient (Wildman–Crippen LogP) is 3.35. The maximum absolute atomic E-state index is 11.9. The Kier molecular flexibility index (Phi) is 5.45. The Morgan fingerprint density at radius 3 is 2.26 bits per heavy atom. The third kappa shape index (κ3) is 3.94. The Morgan fingerprint density at radius 2 is 1.70 bits per heavy atom. The van der Waals surface area contributed by atoms with E-state index >= 15 is 0 Å². The van der Waals surface area contributed by atoms with Gasteiger partial charge in [-0.15, -0.1) is 5.11 Å². The highest BCUT2D eigenvalue weighted by Crippen LogP contribution is 2.39. The van der Waals surface area contributed by atoms with Crippen LogP contribution in [0.1, 0.15) is 0 Å². The Labute approximate surface area is 168 Å². The van der Waals surface area contributed by atoms with E-state index in [0.717, 1.165) is 6.07 Å². The van der Waals surface area contributed by atoms with Crippen molar-refractivity contribution in [3.05, 3.63) is 28.2 Å². The number of rotatable bonds is 4. The summed E-state index contributed by atoms with van der Waals surface area (Å²) in [6.07, 6.45) is 0. The van der Waals surface area contributed by atoms with Crippen LogP contribution in [0.5, 0.6) is 5.75 Å². The fourth-order valence-corrected chi connectivity index (χ4v) is 4.43. The Morgan fingerprint density at radius 1 is 1.11 bits per heavy atom. The first-order valence-corrected chi connectivity index (χ1v) is 10.8. The number of primary sulfonamides is 1. The van der Waals surface area contributed by atoms with Gasteiger partial charge in [0.1, 0.15) is 21.6 Å². The van der Waals surface area contributed by atoms with Gasteiger partial charge in [-0.1, -0.05) is 23.2 Å². The van der Waals surface area contributed by atoms with Crippen molar-refractivity contribution in [1.82, 2.24) is 8.75 Å². The van der Waals surface area contributed by atoms with Gasteiger partial charge in [-0.3, -0.25) is 0 Å². The van der Waals surface area contributed by atoms with E-state index in [1.807, 2.05) is 0 Å². The van der Waals surface area contributed by atoms with Gasteiger partial charge < -0.3 is 9.66 Å². The first-order valence-electron chi connectivity index (χ1n) is 6.62. The van der Waals surface area contributed by atoms with Gasteiger partial charge in [-0.25, -0.2) is 17.8 Å². The van der Waals surface area contributed by atoms with Gasteiger partial charge in [0, 0.05) is 0 Å². The molecule has 3 rings (SSSR count). The molecule has 1 aromatic heterocycles. The summed E-state index contributed by atoms with van der Waals surface area (Å²) in [5, 5.41) is 22.3. The zero-order valence-electron chi connectivity index (χ0n) is 12.7. The van der Waals surface area contributed by atoms with Crippen molar-refractivity contribution < 1.29 is 22.3 Å². The third-order valence-electron chi connectivity index (χ3n) is 3.20. The second-order valence-electron chi connectivity index (χ2n) is 4.94. The van der Waals surface area contributed by atoms with E-state index in [2.05, 4.69) is 19.0 Å². The zero-order valence-corrected chi connectivity index (χ0v) is 16.7. The lowest BCUT2D eigenvalue weighted by Gasteiger charge is -2.06. The number of fused-ring (bicyclic) bond motifs is 1. The van der Waals surface area contributed by atoms with Crippen LogP contribution in [0.4, 0.5) is 11.4 Å². The number of phenolic OH excluding ortho intramolecular Hbond substituents is 1. The normalized spacial score (nSPS) is 13.5. The molecule has 0 aliphatic carbocycles. The Bertz CT molecular complexity index is 1200. The highest BCUT2D eigenvalue weighted by atomic mass is 35.5. The summed E-state index contributed by atoms with van der Waals surface area (Å²) >= 11 is 9.76. The molecule has 1 atom stereocenters. The maximum Gasteiger partial charge on any atom is 0.240 e. The summed E-state index contributed by atoms with van der Waals surface area (Å²) in [7, 11) is -4.34. The van der Waals surface area contributed by atoms with Crippen molar-refractivity contribution in [3.63, 3.8) is 0 Å². The molecule has 0 saturated heterocycles. The molecule has 2 aromatic carbocycles. The highest BCUT2D eigenvalue weighted by Gasteiger charge is 2.24. The fourth-order valence-electron chi connectivity index (χ4n) is 2.04. The van der Waals surface area contributed by atoms with E-state index < -0.39 is 26.0 Å². The Balaban J connectivity index is 2.26. The zero-order chi connectivity index (χ0) is 19.9. The largest absolute Gasteiger partial charge is 0.505 e. The molecule has 0 fully saturated rings. The van der Waals surface area contributed by atoms with Gasteiger partial charge in [0.15, 0.2) is 16.8 Å². The average molecular weight is 468 g/mol. The van der Waals surface area contributed by atoms with Crippen LogP contribution in [0.25, 0.3) is 11.0 Å². The second kappa shape index (κ2) is 7.35. The number of phenols is 1. The standard InChI is InChI=1S/C12H7Cl2N5O5S3/c13-5-1-4(2-6(14)12(5)20)16-17-10-8(27(15,23)24)3-7(26(21)22)9-11(10)19-25-18-9/h1-3,20H,(H,21,22)(H2,15,23,24). The minimum atomic E-state index is -4.34. The lowest BCUT2D eigenvalue weighted by molar-refractivity contribution is 0.476. The number of nitrogens with zero attached hydrogens (tertiary/aromatic N) is 4. The molecule has 142 valence electrons. The molecule has 27 heavy (non-hydrogen) atoms. The molecular weight excluding hydrogens is 461 g/mol. The minimum Gasteiger partial charge on any atom is -0.505 e. The van der Waals surface area contributed by atoms with Gasteiger partial charge >= 0.3 is 0 Å². The van der Waals surface area contributed by atoms with Crippen LogP contribution in [0, 0.1) is 0 Å². The SMILES string of the molecule is NS(=O)(=O)c1cc(S(=O)O)c2nsnc2c1N=Nc1cc(Cl)c(O)c(Cl)c1. The van der Waals surface area contributed by atoms with Crippen LogP contribution in [0.15, 0.2) is 38.2 Å². The first kappa shape index (κ1) is 20.0. The maximum atomic E-state index is 11.9. The molecule has 0 amide bonds. The number of hydrogen-bond donors (Lipinski definition) is 3. The lowest BCUT2D eigenvalue weighted by atomic mass is 10.2. The van der Waals surface area contributed by atoms with Crippen LogP contribution in [0.3, 0.4) is 0 Å². The molecule has 0 aliphatic rings. The fraction of sp³-hybridized carbons (Fsp3) is 0. The lowest BCUT2D eigenvalue weighted by Crippen LogP contribution is -2.13. The van der Waals surface area contributed by atoms with Crippen LogP contribution in [-0.4, -0.2) is 31.0 Å². The number of benzene rings is 2. The van der Waals surface area contributed by atoms with Crippen molar-refractivity contribution in [2.45, 2.75) is 9.79 Å². The molecule has 1 unspecified atom stereocenters. The number of halogens is 2. The number of azo groups is 1. The number of nitrogens with two attached hydrogens (primary N) is 1. The molecule has 0 aliphatic heterocycles. The number of aromatic hydroxyl groups is 1. The van der Waals surface area contributed by atoms with Gasteiger partial charge in [0.25, 0.3) is 0 Å². The molecule has 3 aromatic rings. The molecule has 1 heterocycles. The van der Waals surface area contributed by atoms with Crippen molar-refractivity contribution in [2.75, 3.05) is 0 Å². The van der Waals surface area contributed by atoms with E-state index in [9.17, 15) is 22.3 Å². The van der Waals surface area contributed by atoms with Gasteiger partial charge in [0.05, 0.1) is 32.4 Å². The molecule has 0 bridgehead atoms. The summed E-state index contributed by atoms with van der Waals surface area (Å²) in [5.41, 5.74) is -0.238. The molecule has 4 N–H and O–H groups in total. The van der Waals surface area contributed by atoms with Crippen LogP contribution >= 0.6 is 34.9 Å². The number of sulfonamides is 1. The van der Waals surface area contributed by atoms with Crippen LogP contribution < -0.4 is 5.14 Å². The van der Waals surface area contributed by atoms with E-state index in [1.54, 1.807) is 0 Å². The third-order valence-corrected chi connectivity index (χ3v) is 5.92. The summed E-state index contributed by atoms with van der Waals surface area (Å²) < 4.78 is 52.5.